The average Bonchev–Trinajstić information content (AvgIpc) is 2.38. The number of nitrogens with two attached hydrogens (primary N) is 1. The zero-order chi connectivity index (χ0) is 14.0. The van der Waals surface area contributed by atoms with E-state index < -0.39 is 11.6 Å². The molecule has 0 atom stereocenters. The van der Waals surface area contributed by atoms with Crippen molar-refractivity contribution in [2.75, 3.05) is 10.7 Å². The lowest BCUT2D eigenvalue weighted by Crippen LogP contribution is -2.11. The molecule has 0 fully saturated rings. The molecule has 0 saturated carbocycles. The lowest BCUT2D eigenvalue weighted by molar-refractivity contribution is 0.597. The summed E-state index contributed by atoms with van der Waals surface area (Å²) in [5, 5.41) is 2.65. The molecule has 0 aliphatic heterocycles. The maximum absolute atomic E-state index is 13.7. The molecule has 1 aromatic carbocycles. The number of hydrazine groups is 1. The lowest BCUT2D eigenvalue weighted by Gasteiger charge is -2.10. The highest BCUT2D eigenvalue weighted by molar-refractivity contribution is 9.10. The van der Waals surface area contributed by atoms with Gasteiger partial charge in [0.15, 0.2) is 5.82 Å². The van der Waals surface area contributed by atoms with E-state index in [1.807, 2.05) is 0 Å². The summed E-state index contributed by atoms with van der Waals surface area (Å²) in [5.74, 6) is 4.36. The minimum Gasteiger partial charge on any atom is -0.337 e. The summed E-state index contributed by atoms with van der Waals surface area (Å²) in [7, 11) is 0. The third-order valence-electron chi connectivity index (χ3n) is 2.14. The Morgan fingerprint density at radius 1 is 1.11 bits per heavy atom. The summed E-state index contributed by atoms with van der Waals surface area (Å²) in [6.45, 7) is 0. The van der Waals surface area contributed by atoms with Gasteiger partial charge >= 0.3 is 0 Å². The summed E-state index contributed by atoms with van der Waals surface area (Å²) < 4.78 is 27.6. The number of benzene rings is 1. The summed E-state index contributed by atoms with van der Waals surface area (Å²) in [4.78, 5) is 7.82. The van der Waals surface area contributed by atoms with Crippen LogP contribution in [0.5, 0.6) is 0 Å². The second-order valence-electron chi connectivity index (χ2n) is 3.41. The zero-order valence-corrected chi connectivity index (χ0v) is 12.4. The lowest BCUT2D eigenvalue weighted by atomic mass is 10.3. The molecule has 0 aliphatic carbocycles. The van der Waals surface area contributed by atoms with E-state index in [4.69, 9.17) is 5.84 Å². The van der Waals surface area contributed by atoms with Gasteiger partial charge in [-0.15, -0.1) is 0 Å². The first-order chi connectivity index (χ1) is 9.01. The zero-order valence-electron chi connectivity index (χ0n) is 9.22. The molecule has 0 bridgehead atoms. The maximum Gasteiger partial charge on any atom is 0.239 e. The van der Waals surface area contributed by atoms with E-state index in [9.17, 15) is 8.78 Å². The third kappa shape index (κ3) is 3.17. The number of hydrogen-bond acceptors (Lipinski definition) is 5. The predicted octanol–water partition coefficient (Wildman–Crippen LogP) is 3.31. The summed E-state index contributed by atoms with van der Waals surface area (Å²) in [6, 6.07) is 2.04. The van der Waals surface area contributed by atoms with Crippen LogP contribution in [0.1, 0.15) is 0 Å². The third-order valence-corrected chi connectivity index (χ3v) is 3.32. The number of nitrogen functional groups attached to an aromatic ring is 1. The molecule has 0 saturated heterocycles. The first-order valence-electron chi connectivity index (χ1n) is 4.92. The van der Waals surface area contributed by atoms with E-state index in [-0.39, 0.29) is 21.9 Å². The van der Waals surface area contributed by atoms with Crippen molar-refractivity contribution in [1.29, 1.82) is 0 Å². The van der Waals surface area contributed by atoms with Crippen LogP contribution >= 0.6 is 31.9 Å². The Hall–Kier alpha value is -1.32. The Bertz CT molecular complexity index is 623. The van der Waals surface area contributed by atoms with Gasteiger partial charge in [0, 0.05) is 12.3 Å². The van der Waals surface area contributed by atoms with E-state index in [2.05, 4.69) is 52.6 Å². The standard InChI is InChI=1S/C10H7Br2F2N5/c11-4-1-7(14)8(2-6(4)13)17-9-5(12)3-16-10(18-9)19-15/h1-3H,15H2,(H2,16,17,18,19). The molecule has 2 rings (SSSR count). The van der Waals surface area contributed by atoms with E-state index in [1.165, 1.54) is 6.20 Å². The molecule has 2 aromatic rings. The minimum absolute atomic E-state index is 0.0432. The van der Waals surface area contributed by atoms with Crippen LogP contribution in [0.25, 0.3) is 0 Å². The van der Waals surface area contributed by atoms with Crippen LogP contribution in [0, 0.1) is 11.6 Å². The number of nitrogens with zero attached hydrogens (tertiary/aromatic N) is 2. The summed E-state index contributed by atoms with van der Waals surface area (Å²) in [6.07, 6.45) is 1.43. The number of halogens is 4. The molecule has 0 radical (unpaired) electrons. The number of hydrogen-bond donors (Lipinski definition) is 3. The number of nitrogens with one attached hydrogen (secondary N) is 2. The Kier molecular flexibility index (Phi) is 4.27. The van der Waals surface area contributed by atoms with Gasteiger partial charge in [0.1, 0.15) is 11.6 Å². The Balaban J connectivity index is 2.38. The molecule has 0 unspecified atom stereocenters. The van der Waals surface area contributed by atoms with Crippen LogP contribution in [0.4, 0.5) is 26.2 Å². The van der Waals surface area contributed by atoms with Crippen molar-refractivity contribution in [3.63, 3.8) is 0 Å². The van der Waals surface area contributed by atoms with Crippen molar-refractivity contribution in [3.05, 3.63) is 38.9 Å². The van der Waals surface area contributed by atoms with E-state index in [0.717, 1.165) is 12.1 Å². The fourth-order valence-electron chi connectivity index (χ4n) is 1.27. The molecule has 19 heavy (non-hydrogen) atoms. The summed E-state index contributed by atoms with van der Waals surface area (Å²) in [5.41, 5.74) is 2.20. The largest absolute Gasteiger partial charge is 0.337 e. The summed E-state index contributed by atoms with van der Waals surface area (Å²) >= 11 is 6.09. The van der Waals surface area contributed by atoms with Crippen LogP contribution in [-0.2, 0) is 0 Å². The smallest absolute Gasteiger partial charge is 0.239 e. The van der Waals surface area contributed by atoms with E-state index >= 15 is 0 Å². The molecule has 5 nitrogen and oxygen atoms in total. The van der Waals surface area contributed by atoms with Crippen molar-refractivity contribution < 1.29 is 8.78 Å². The van der Waals surface area contributed by atoms with Gasteiger partial charge in [-0.3, -0.25) is 5.43 Å². The van der Waals surface area contributed by atoms with Crippen LogP contribution in [0.15, 0.2) is 27.3 Å². The maximum atomic E-state index is 13.7. The molecule has 4 N–H and O–H groups in total. The Morgan fingerprint density at radius 3 is 2.53 bits per heavy atom. The van der Waals surface area contributed by atoms with Crippen LogP contribution in [0.2, 0.25) is 0 Å². The highest BCUT2D eigenvalue weighted by Crippen LogP contribution is 2.28. The van der Waals surface area contributed by atoms with E-state index in [0.29, 0.717) is 4.47 Å². The molecule has 100 valence electrons. The van der Waals surface area contributed by atoms with Crippen molar-refractivity contribution >= 4 is 49.3 Å². The van der Waals surface area contributed by atoms with Crippen molar-refractivity contribution in [2.45, 2.75) is 0 Å². The van der Waals surface area contributed by atoms with Crippen LogP contribution < -0.4 is 16.6 Å². The van der Waals surface area contributed by atoms with Gasteiger partial charge in [-0.1, -0.05) is 0 Å². The molecule has 9 heteroatoms. The first kappa shape index (κ1) is 14.1. The van der Waals surface area contributed by atoms with Gasteiger partial charge in [-0.05, 0) is 37.9 Å². The highest BCUT2D eigenvalue weighted by atomic mass is 79.9. The van der Waals surface area contributed by atoms with E-state index in [1.54, 1.807) is 0 Å². The van der Waals surface area contributed by atoms with Crippen molar-refractivity contribution in [2.24, 2.45) is 5.84 Å². The molecule has 1 aromatic heterocycles. The molecular weight excluding hydrogens is 388 g/mol. The van der Waals surface area contributed by atoms with Gasteiger partial charge < -0.3 is 5.32 Å². The van der Waals surface area contributed by atoms with Crippen LogP contribution in [0.3, 0.4) is 0 Å². The molecule has 0 amide bonds. The number of rotatable bonds is 3. The van der Waals surface area contributed by atoms with Gasteiger partial charge in [-0.25, -0.2) is 19.6 Å². The Labute approximate surface area is 123 Å². The van der Waals surface area contributed by atoms with Crippen LogP contribution in [-0.4, -0.2) is 9.97 Å². The molecular formula is C10H7Br2F2N5. The molecule has 0 spiro atoms. The fraction of sp³-hybridized carbons (Fsp3) is 0. The molecule has 1 heterocycles. The van der Waals surface area contributed by atoms with Gasteiger partial charge in [0.25, 0.3) is 0 Å². The second kappa shape index (κ2) is 5.76. The number of aromatic nitrogens is 2. The fourth-order valence-corrected chi connectivity index (χ4v) is 1.88. The quantitative estimate of drug-likeness (QED) is 0.423. The number of anilines is 3. The van der Waals surface area contributed by atoms with Crippen molar-refractivity contribution in [3.8, 4) is 0 Å². The normalized spacial score (nSPS) is 10.4. The van der Waals surface area contributed by atoms with Gasteiger partial charge in [-0.2, -0.15) is 4.98 Å². The average molecular weight is 395 g/mol. The monoisotopic (exact) mass is 393 g/mol. The minimum atomic E-state index is -0.624. The Morgan fingerprint density at radius 2 is 1.84 bits per heavy atom. The predicted molar refractivity (Wildman–Crippen MR) is 74.9 cm³/mol. The topological polar surface area (TPSA) is 75.9 Å². The van der Waals surface area contributed by atoms with Gasteiger partial charge in [0.2, 0.25) is 5.95 Å². The second-order valence-corrected chi connectivity index (χ2v) is 5.11. The van der Waals surface area contributed by atoms with Crippen molar-refractivity contribution in [1.82, 2.24) is 9.97 Å². The highest BCUT2D eigenvalue weighted by Gasteiger charge is 2.11. The molecule has 0 aliphatic rings. The SMILES string of the molecule is NNc1ncc(Br)c(Nc2cc(F)c(Br)cc2F)n1. The first-order valence-corrected chi connectivity index (χ1v) is 6.50. The van der Waals surface area contributed by atoms with Gasteiger partial charge in [0.05, 0.1) is 14.6 Å².